The van der Waals surface area contributed by atoms with Gasteiger partial charge >= 0.3 is 5.97 Å². The highest BCUT2D eigenvalue weighted by Crippen LogP contribution is 2.23. The third-order valence-corrected chi connectivity index (χ3v) is 3.24. The van der Waals surface area contributed by atoms with Crippen molar-refractivity contribution in [3.8, 4) is 0 Å². The Bertz CT molecular complexity index is 828. The zero-order valence-corrected chi connectivity index (χ0v) is 11.5. The molecule has 21 heavy (non-hydrogen) atoms. The second-order valence-corrected chi connectivity index (χ2v) is 4.87. The van der Waals surface area contributed by atoms with Crippen molar-refractivity contribution < 1.29 is 9.90 Å². The van der Waals surface area contributed by atoms with Crippen LogP contribution in [0.3, 0.4) is 0 Å². The van der Waals surface area contributed by atoms with Crippen LogP contribution in [0.25, 0.3) is 10.9 Å². The molecule has 0 aliphatic rings. The van der Waals surface area contributed by atoms with Gasteiger partial charge in [-0.2, -0.15) is 0 Å². The molecule has 0 aliphatic heterocycles. The van der Waals surface area contributed by atoms with Crippen LogP contribution in [0, 0.1) is 6.92 Å². The summed E-state index contributed by atoms with van der Waals surface area (Å²) in [4.78, 5) is 15.9. The molecule has 0 bridgehead atoms. The Labute approximate surface area is 122 Å². The van der Waals surface area contributed by atoms with Crippen molar-refractivity contribution in [1.82, 2.24) is 4.98 Å². The lowest BCUT2D eigenvalue weighted by atomic mass is 10.1. The van der Waals surface area contributed by atoms with Crippen LogP contribution in [0.4, 0.5) is 11.5 Å². The van der Waals surface area contributed by atoms with Crippen LogP contribution in [0.15, 0.2) is 54.6 Å². The maximum Gasteiger partial charge on any atom is 0.336 e. The van der Waals surface area contributed by atoms with Crippen molar-refractivity contribution in [2.75, 3.05) is 5.32 Å². The third kappa shape index (κ3) is 2.69. The van der Waals surface area contributed by atoms with Crippen LogP contribution >= 0.6 is 0 Å². The molecule has 0 saturated carbocycles. The summed E-state index contributed by atoms with van der Waals surface area (Å²) in [5.74, 6) is -0.433. The zero-order chi connectivity index (χ0) is 14.8. The van der Waals surface area contributed by atoms with Gasteiger partial charge in [-0.3, -0.25) is 0 Å². The summed E-state index contributed by atoms with van der Waals surface area (Å²) >= 11 is 0. The summed E-state index contributed by atoms with van der Waals surface area (Å²) in [6.07, 6.45) is 0. The number of carboxylic acids is 1. The van der Waals surface area contributed by atoms with Gasteiger partial charge < -0.3 is 10.4 Å². The third-order valence-electron chi connectivity index (χ3n) is 3.24. The predicted molar refractivity (Wildman–Crippen MR) is 83.2 cm³/mol. The summed E-state index contributed by atoms with van der Waals surface area (Å²) in [5.41, 5.74) is 2.91. The van der Waals surface area contributed by atoms with Gasteiger partial charge in [-0.25, -0.2) is 9.78 Å². The maximum absolute atomic E-state index is 11.4. The van der Waals surface area contributed by atoms with E-state index in [9.17, 15) is 9.90 Å². The van der Waals surface area contributed by atoms with Crippen molar-refractivity contribution in [3.05, 3.63) is 65.7 Å². The topological polar surface area (TPSA) is 62.2 Å². The number of aryl methyl sites for hydroxylation is 1. The molecule has 0 aliphatic carbocycles. The fourth-order valence-corrected chi connectivity index (χ4v) is 2.29. The van der Waals surface area contributed by atoms with Gasteiger partial charge in [-0.15, -0.1) is 0 Å². The van der Waals surface area contributed by atoms with E-state index in [1.165, 1.54) is 0 Å². The SMILES string of the molecule is Cc1cccc(Nc2cc(C(=O)O)c3ccccc3n2)c1. The molecule has 0 spiro atoms. The van der Waals surface area contributed by atoms with Crippen molar-refractivity contribution in [3.63, 3.8) is 0 Å². The first-order valence-corrected chi connectivity index (χ1v) is 6.60. The number of para-hydroxylation sites is 1. The van der Waals surface area contributed by atoms with E-state index in [0.717, 1.165) is 11.3 Å². The summed E-state index contributed by atoms with van der Waals surface area (Å²) < 4.78 is 0. The largest absolute Gasteiger partial charge is 0.478 e. The van der Waals surface area contributed by atoms with Gasteiger partial charge in [0.05, 0.1) is 11.1 Å². The smallest absolute Gasteiger partial charge is 0.336 e. The summed E-state index contributed by atoms with van der Waals surface area (Å²) in [7, 11) is 0. The average Bonchev–Trinajstić information content (AvgIpc) is 2.46. The van der Waals surface area contributed by atoms with E-state index >= 15 is 0 Å². The normalized spacial score (nSPS) is 10.5. The van der Waals surface area contributed by atoms with E-state index in [1.54, 1.807) is 12.1 Å². The van der Waals surface area contributed by atoms with Gasteiger partial charge in [0.2, 0.25) is 0 Å². The van der Waals surface area contributed by atoms with Crippen molar-refractivity contribution in [2.45, 2.75) is 6.92 Å². The monoisotopic (exact) mass is 278 g/mol. The van der Waals surface area contributed by atoms with Gasteiger partial charge in [0.1, 0.15) is 5.82 Å². The molecular weight excluding hydrogens is 264 g/mol. The zero-order valence-electron chi connectivity index (χ0n) is 11.5. The van der Waals surface area contributed by atoms with Crippen molar-refractivity contribution in [2.24, 2.45) is 0 Å². The minimum atomic E-state index is -0.958. The lowest BCUT2D eigenvalue weighted by Gasteiger charge is -2.09. The Kier molecular flexibility index (Phi) is 3.28. The molecule has 3 rings (SSSR count). The molecule has 1 aromatic heterocycles. The van der Waals surface area contributed by atoms with Gasteiger partial charge in [0, 0.05) is 11.1 Å². The van der Waals surface area contributed by atoms with Crippen LogP contribution in [0.1, 0.15) is 15.9 Å². The first-order valence-electron chi connectivity index (χ1n) is 6.60. The van der Waals surface area contributed by atoms with Crippen molar-refractivity contribution in [1.29, 1.82) is 0 Å². The van der Waals surface area contributed by atoms with Gasteiger partial charge in [-0.05, 0) is 36.8 Å². The molecule has 1 heterocycles. The van der Waals surface area contributed by atoms with E-state index in [2.05, 4.69) is 10.3 Å². The Morgan fingerprint density at radius 3 is 2.67 bits per heavy atom. The van der Waals surface area contributed by atoms with E-state index < -0.39 is 5.97 Å². The lowest BCUT2D eigenvalue weighted by molar-refractivity contribution is 0.0699. The Balaban J connectivity index is 2.09. The van der Waals surface area contributed by atoms with Crippen LogP contribution < -0.4 is 5.32 Å². The highest BCUT2D eigenvalue weighted by molar-refractivity contribution is 6.03. The standard InChI is InChI=1S/C17H14N2O2/c1-11-5-4-6-12(9-11)18-16-10-14(17(20)21)13-7-2-3-8-15(13)19-16/h2-10H,1H3,(H,18,19)(H,20,21). The molecule has 2 N–H and O–H groups in total. The molecule has 0 amide bonds. The Morgan fingerprint density at radius 2 is 1.90 bits per heavy atom. The number of aromatic carboxylic acids is 1. The second kappa shape index (κ2) is 5.25. The lowest BCUT2D eigenvalue weighted by Crippen LogP contribution is -2.02. The quantitative estimate of drug-likeness (QED) is 0.760. The number of nitrogens with one attached hydrogen (secondary N) is 1. The highest BCUT2D eigenvalue weighted by atomic mass is 16.4. The van der Waals surface area contributed by atoms with Gasteiger partial charge in [0.15, 0.2) is 0 Å². The first-order chi connectivity index (χ1) is 10.1. The van der Waals surface area contributed by atoms with E-state index in [1.807, 2.05) is 49.4 Å². The fraction of sp³-hybridized carbons (Fsp3) is 0.0588. The molecule has 2 aromatic carbocycles. The molecule has 4 nitrogen and oxygen atoms in total. The minimum absolute atomic E-state index is 0.246. The molecule has 0 fully saturated rings. The van der Waals surface area contributed by atoms with E-state index in [4.69, 9.17) is 0 Å². The predicted octanol–water partition coefficient (Wildman–Crippen LogP) is 3.99. The van der Waals surface area contributed by atoms with E-state index in [-0.39, 0.29) is 5.56 Å². The maximum atomic E-state index is 11.4. The van der Waals surface area contributed by atoms with Gasteiger partial charge in [0.25, 0.3) is 0 Å². The number of rotatable bonds is 3. The summed E-state index contributed by atoms with van der Waals surface area (Å²) in [6, 6.07) is 16.6. The number of fused-ring (bicyclic) bond motifs is 1. The number of benzene rings is 2. The summed E-state index contributed by atoms with van der Waals surface area (Å²) in [6.45, 7) is 2.00. The average molecular weight is 278 g/mol. The molecule has 0 atom stereocenters. The first kappa shape index (κ1) is 13.1. The molecule has 3 aromatic rings. The molecule has 104 valence electrons. The Morgan fingerprint density at radius 1 is 1.10 bits per heavy atom. The van der Waals surface area contributed by atoms with Crippen LogP contribution in [0.2, 0.25) is 0 Å². The second-order valence-electron chi connectivity index (χ2n) is 4.87. The number of anilines is 2. The number of aromatic nitrogens is 1. The van der Waals surface area contributed by atoms with E-state index in [0.29, 0.717) is 16.7 Å². The van der Waals surface area contributed by atoms with Crippen LogP contribution in [-0.4, -0.2) is 16.1 Å². The van der Waals surface area contributed by atoms with Gasteiger partial charge in [-0.1, -0.05) is 30.3 Å². The van der Waals surface area contributed by atoms with Crippen molar-refractivity contribution >= 4 is 28.4 Å². The molecule has 0 radical (unpaired) electrons. The molecular formula is C17H14N2O2. The number of nitrogens with zero attached hydrogens (tertiary/aromatic N) is 1. The van der Waals surface area contributed by atoms with Crippen LogP contribution in [-0.2, 0) is 0 Å². The number of hydrogen-bond acceptors (Lipinski definition) is 3. The minimum Gasteiger partial charge on any atom is -0.478 e. The number of carboxylic acid groups (broad SMARTS) is 1. The molecule has 0 saturated heterocycles. The highest BCUT2D eigenvalue weighted by Gasteiger charge is 2.11. The summed E-state index contributed by atoms with van der Waals surface area (Å²) in [5, 5.41) is 13.2. The Hall–Kier alpha value is -2.88. The number of hydrogen-bond donors (Lipinski definition) is 2. The number of pyridine rings is 1. The molecule has 0 unspecified atom stereocenters. The number of carbonyl (C=O) groups is 1. The fourth-order valence-electron chi connectivity index (χ4n) is 2.29. The van der Waals surface area contributed by atoms with Crippen LogP contribution in [0.5, 0.6) is 0 Å². The molecule has 4 heteroatoms.